The molecule has 0 aromatic carbocycles. The van der Waals surface area contributed by atoms with Crippen molar-refractivity contribution in [1.82, 2.24) is 14.7 Å². The lowest BCUT2D eigenvalue weighted by Crippen LogP contribution is -2.51. The fraction of sp³-hybridized carbons (Fsp3) is 0.733. The second kappa shape index (κ2) is 7.43. The molecule has 0 spiro atoms. The van der Waals surface area contributed by atoms with Crippen LogP contribution in [0.5, 0.6) is 0 Å². The van der Waals surface area contributed by atoms with Crippen molar-refractivity contribution in [3.05, 3.63) is 18.0 Å². The van der Waals surface area contributed by atoms with E-state index < -0.39 is 0 Å². The lowest BCUT2D eigenvalue weighted by atomic mass is 9.93. The summed E-state index contributed by atoms with van der Waals surface area (Å²) < 4.78 is 7.23. The largest absolute Gasteiger partial charge is 0.372 e. The number of hydrogen-bond donors (Lipinski definition) is 0. The third-order valence-corrected chi connectivity index (χ3v) is 3.71. The smallest absolute Gasteiger partial charge is 0.248 e. The molecule has 0 bridgehead atoms. The highest BCUT2D eigenvalue weighted by atomic mass is 16.5. The predicted octanol–water partition coefficient (Wildman–Crippen LogP) is 1.63. The molecule has 0 saturated carbocycles. The Morgan fingerprint density at radius 1 is 1.45 bits per heavy atom. The number of carbonyl (C=O) groups excluding carboxylic acids is 1. The van der Waals surface area contributed by atoms with Crippen LogP contribution in [0.4, 0.5) is 0 Å². The van der Waals surface area contributed by atoms with E-state index in [0.717, 1.165) is 25.9 Å². The standard InChI is InChI=1S/C15H25N3O2/c1-3-4-5-6-20-12-15(19)18-10-14(11-18)7-13-8-16-17(2)9-13/h8-9,14H,3-7,10-12H2,1-2H3. The van der Waals surface area contributed by atoms with Gasteiger partial charge in [-0.25, -0.2) is 0 Å². The van der Waals surface area contributed by atoms with E-state index in [9.17, 15) is 4.79 Å². The molecule has 1 aromatic rings. The van der Waals surface area contributed by atoms with Crippen molar-refractivity contribution in [3.8, 4) is 0 Å². The van der Waals surface area contributed by atoms with Gasteiger partial charge in [0.25, 0.3) is 0 Å². The van der Waals surface area contributed by atoms with Crippen molar-refractivity contribution in [2.45, 2.75) is 32.6 Å². The number of likely N-dealkylation sites (tertiary alicyclic amines) is 1. The number of aromatic nitrogens is 2. The monoisotopic (exact) mass is 279 g/mol. The number of unbranched alkanes of at least 4 members (excludes halogenated alkanes) is 2. The average Bonchev–Trinajstić information content (AvgIpc) is 2.78. The van der Waals surface area contributed by atoms with Gasteiger partial charge in [0.15, 0.2) is 0 Å². The summed E-state index contributed by atoms with van der Waals surface area (Å²) in [7, 11) is 1.93. The van der Waals surface area contributed by atoms with Gasteiger partial charge >= 0.3 is 0 Å². The van der Waals surface area contributed by atoms with Gasteiger partial charge < -0.3 is 9.64 Å². The minimum atomic E-state index is 0.129. The molecule has 0 N–H and O–H groups in total. The zero-order valence-corrected chi connectivity index (χ0v) is 12.5. The highest BCUT2D eigenvalue weighted by Crippen LogP contribution is 2.20. The van der Waals surface area contributed by atoms with E-state index in [1.807, 2.05) is 29.0 Å². The fourth-order valence-corrected chi connectivity index (χ4v) is 2.52. The molecule has 1 amide bonds. The molecule has 1 fully saturated rings. The summed E-state index contributed by atoms with van der Waals surface area (Å²) in [4.78, 5) is 13.7. The second-order valence-electron chi connectivity index (χ2n) is 5.65. The zero-order valence-electron chi connectivity index (χ0n) is 12.5. The molecule has 1 aliphatic heterocycles. The first-order chi connectivity index (χ1) is 9.69. The van der Waals surface area contributed by atoms with Gasteiger partial charge in [-0.3, -0.25) is 9.48 Å². The van der Waals surface area contributed by atoms with Gasteiger partial charge in [-0.05, 0) is 24.3 Å². The third-order valence-electron chi connectivity index (χ3n) is 3.71. The molecule has 0 atom stereocenters. The molecule has 5 heteroatoms. The molecule has 5 nitrogen and oxygen atoms in total. The Labute approximate surface area is 120 Å². The van der Waals surface area contributed by atoms with Crippen molar-refractivity contribution in [2.24, 2.45) is 13.0 Å². The van der Waals surface area contributed by atoms with Crippen molar-refractivity contribution >= 4 is 5.91 Å². The Bertz CT molecular complexity index is 425. The van der Waals surface area contributed by atoms with Crippen LogP contribution in [0.15, 0.2) is 12.4 Å². The Balaban J connectivity index is 1.57. The van der Waals surface area contributed by atoms with Crippen LogP contribution in [0.1, 0.15) is 31.7 Å². The minimum absolute atomic E-state index is 0.129. The maximum Gasteiger partial charge on any atom is 0.248 e. The molecule has 0 radical (unpaired) electrons. The number of hydrogen-bond acceptors (Lipinski definition) is 3. The normalized spacial score (nSPS) is 15.4. The van der Waals surface area contributed by atoms with Gasteiger partial charge in [0, 0.05) is 32.9 Å². The van der Waals surface area contributed by atoms with E-state index in [-0.39, 0.29) is 12.5 Å². The number of rotatable bonds is 8. The molecule has 0 unspecified atom stereocenters. The molecule has 2 heterocycles. The van der Waals surface area contributed by atoms with Crippen molar-refractivity contribution < 1.29 is 9.53 Å². The van der Waals surface area contributed by atoms with E-state index in [2.05, 4.69) is 12.0 Å². The van der Waals surface area contributed by atoms with E-state index >= 15 is 0 Å². The highest BCUT2D eigenvalue weighted by Gasteiger charge is 2.30. The number of ether oxygens (including phenoxy) is 1. The molecule has 1 saturated heterocycles. The number of carbonyl (C=O) groups is 1. The van der Waals surface area contributed by atoms with Crippen LogP contribution in [0.3, 0.4) is 0 Å². The van der Waals surface area contributed by atoms with Crippen LogP contribution in [0.2, 0.25) is 0 Å². The molecule has 0 aliphatic carbocycles. The highest BCUT2D eigenvalue weighted by molar-refractivity contribution is 5.78. The van der Waals surface area contributed by atoms with Crippen LogP contribution in [0, 0.1) is 5.92 Å². The summed E-state index contributed by atoms with van der Waals surface area (Å²) in [6.07, 6.45) is 8.36. The summed E-state index contributed by atoms with van der Waals surface area (Å²) in [6.45, 7) is 4.81. The van der Waals surface area contributed by atoms with Crippen molar-refractivity contribution in [2.75, 3.05) is 26.3 Å². The number of amides is 1. The van der Waals surface area contributed by atoms with Crippen LogP contribution in [-0.2, 0) is 23.0 Å². The van der Waals surface area contributed by atoms with Gasteiger partial charge in [-0.1, -0.05) is 19.8 Å². The van der Waals surface area contributed by atoms with Crippen molar-refractivity contribution in [1.29, 1.82) is 0 Å². The van der Waals surface area contributed by atoms with Crippen molar-refractivity contribution in [3.63, 3.8) is 0 Å². The van der Waals surface area contributed by atoms with Gasteiger partial charge in [0.1, 0.15) is 6.61 Å². The molecular formula is C15H25N3O2. The molecule has 2 rings (SSSR count). The van der Waals surface area contributed by atoms with E-state index in [1.54, 1.807) is 0 Å². The van der Waals surface area contributed by atoms with Gasteiger partial charge in [-0.2, -0.15) is 5.10 Å². The zero-order chi connectivity index (χ0) is 14.4. The van der Waals surface area contributed by atoms with Crippen LogP contribution < -0.4 is 0 Å². The van der Waals surface area contributed by atoms with E-state index in [4.69, 9.17) is 4.74 Å². The van der Waals surface area contributed by atoms with Gasteiger partial charge in [0.05, 0.1) is 6.20 Å². The first-order valence-electron chi connectivity index (χ1n) is 7.52. The number of nitrogens with zero attached hydrogens (tertiary/aromatic N) is 3. The Morgan fingerprint density at radius 2 is 2.25 bits per heavy atom. The number of aryl methyl sites for hydroxylation is 1. The summed E-state index contributed by atoms with van der Waals surface area (Å²) in [5.74, 6) is 0.701. The molecule has 1 aromatic heterocycles. The lowest BCUT2D eigenvalue weighted by Gasteiger charge is -2.39. The summed E-state index contributed by atoms with van der Waals surface area (Å²) in [5, 5.41) is 4.16. The summed E-state index contributed by atoms with van der Waals surface area (Å²) in [5.41, 5.74) is 1.25. The van der Waals surface area contributed by atoms with Gasteiger partial charge in [-0.15, -0.1) is 0 Å². The lowest BCUT2D eigenvalue weighted by molar-refractivity contribution is -0.142. The molecule has 20 heavy (non-hydrogen) atoms. The molecule has 1 aliphatic rings. The van der Waals surface area contributed by atoms with Crippen LogP contribution in [-0.4, -0.2) is 46.9 Å². The summed E-state index contributed by atoms with van der Waals surface area (Å²) in [6, 6.07) is 0. The van der Waals surface area contributed by atoms with Gasteiger partial charge in [0.2, 0.25) is 5.91 Å². The van der Waals surface area contributed by atoms with Crippen LogP contribution in [0.25, 0.3) is 0 Å². The molecule has 112 valence electrons. The summed E-state index contributed by atoms with van der Waals surface area (Å²) >= 11 is 0. The quantitative estimate of drug-likeness (QED) is 0.680. The molecular weight excluding hydrogens is 254 g/mol. The fourth-order valence-electron chi connectivity index (χ4n) is 2.52. The average molecular weight is 279 g/mol. The Morgan fingerprint density at radius 3 is 2.90 bits per heavy atom. The first-order valence-corrected chi connectivity index (χ1v) is 7.52. The Hall–Kier alpha value is -1.36. The SMILES string of the molecule is CCCCCOCC(=O)N1CC(Cc2cnn(C)c2)C1. The van der Waals surface area contributed by atoms with E-state index in [0.29, 0.717) is 12.5 Å². The van der Waals surface area contributed by atoms with Crippen LogP contribution >= 0.6 is 0 Å². The second-order valence-corrected chi connectivity index (χ2v) is 5.65. The maximum atomic E-state index is 11.8. The maximum absolute atomic E-state index is 11.8. The Kier molecular flexibility index (Phi) is 5.59. The first kappa shape index (κ1) is 15.0. The van der Waals surface area contributed by atoms with E-state index in [1.165, 1.54) is 18.4 Å². The third kappa shape index (κ3) is 4.34. The minimum Gasteiger partial charge on any atom is -0.372 e. The predicted molar refractivity (Wildman–Crippen MR) is 77.3 cm³/mol. The topological polar surface area (TPSA) is 47.4 Å².